The van der Waals surface area contributed by atoms with Gasteiger partial charge in [-0.05, 0) is 48.6 Å². The van der Waals surface area contributed by atoms with E-state index in [-0.39, 0.29) is 11.7 Å². The summed E-state index contributed by atoms with van der Waals surface area (Å²) in [6.07, 6.45) is 1.52. The first-order chi connectivity index (χ1) is 12.1. The van der Waals surface area contributed by atoms with E-state index in [0.29, 0.717) is 21.3 Å². The Bertz CT molecular complexity index is 1090. The van der Waals surface area contributed by atoms with Crippen molar-refractivity contribution in [2.45, 2.75) is 0 Å². The summed E-state index contributed by atoms with van der Waals surface area (Å²) < 4.78 is 16.0. The molecule has 1 amide bonds. The molecule has 2 N–H and O–H groups in total. The summed E-state index contributed by atoms with van der Waals surface area (Å²) in [5.41, 5.74) is 1.74. The third kappa shape index (κ3) is 2.97. The van der Waals surface area contributed by atoms with E-state index >= 15 is 0 Å². The molecule has 2 aromatic heterocycles. The van der Waals surface area contributed by atoms with Crippen LogP contribution in [0.15, 0.2) is 54.7 Å². The van der Waals surface area contributed by atoms with Crippen molar-refractivity contribution in [3.8, 4) is 5.69 Å². The number of thiazole rings is 1. The largest absolute Gasteiger partial charge is 0.336 e. The average Bonchev–Trinajstić information content (AvgIpc) is 3.18. The fourth-order valence-corrected chi connectivity index (χ4v) is 3.59. The van der Waals surface area contributed by atoms with Crippen molar-refractivity contribution in [3.05, 3.63) is 71.0 Å². The third-order valence-electron chi connectivity index (χ3n) is 3.61. The SMILES string of the molecule is O=C(Nc1nc2ccccc2s1)c1c[nH]c(=S)n1-c1ccc(F)cc1. The Hall–Kier alpha value is -2.84. The monoisotopic (exact) mass is 370 g/mol. The minimum atomic E-state index is -0.355. The Morgan fingerprint density at radius 2 is 1.96 bits per heavy atom. The van der Waals surface area contributed by atoms with E-state index in [1.54, 1.807) is 16.7 Å². The highest BCUT2D eigenvalue weighted by Crippen LogP contribution is 2.26. The predicted molar refractivity (Wildman–Crippen MR) is 98.5 cm³/mol. The first-order valence-electron chi connectivity index (χ1n) is 7.35. The molecule has 0 atom stereocenters. The molecular formula is C17H11FN4OS2. The summed E-state index contributed by atoms with van der Waals surface area (Å²) in [4.78, 5) is 19.9. The van der Waals surface area contributed by atoms with Gasteiger partial charge >= 0.3 is 0 Å². The molecule has 25 heavy (non-hydrogen) atoms. The minimum Gasteiger partial charge on any atom is -0.336 e. The quantitative estimate of drug-likeness (QED) is 0.521. The molecule has 0 aliphatic heterocycles. The number of halogens is 1. The van der Waals surface area contributed by atoms with Gasteiger partial charge in [0, 0.05) is 11.9 Å². The topological polar surface area (TPSA) is 62.7 Å². The molecule has 0 radical (unpaired) electrons. The summed E-state index contributed by atoms with van der Waals surface area (Å²) >= 11 is 6.64. The molecule has 0 saturated carbocycles. The van der Waals surface area contributed by atoms with Crippen LogP contribution < -0.4 is 5.32 Å². The Morgan fingerprint density at radius 3 is 2.72 bits per heavy atom. The van der Waals surface area contributed by atoms with Gasteiger partial charge in [-0.2, -0.15) is 0 Å². The Balaban J connectivity index is 1.69. The molecule has 0 unspecified atom stereocenters. The second kappa shape index (κ2) is 6.23. The van der Waals surface area contributed by atoms with Crippen molar-refractivity contribution in [2.75, 3.05) is 5.32 Å². The van der Waals surface area contributed by atoms with Crippen molar-refractivity contribution in [1.29, 1.82) is 0 Å². The number of imidazole rings is 1. The van der Waals surface area contributed by atoms with E-state index in [2.05, 4.69) is 15.3 Å². The lowest BCUT2D eigenvalue weighted by molar-refractivity contribution is 0.102. The van der Waals surface area contributed by atoms with Crippen molar-refractivity contribution >= 4 is 44.8 Å². The number of para-hydroxylation sites is 1. The molecular weight excluding hydrogens is 359 g/mol. The van der Waals surface area contributed by atoms with Gasteiger partial charge in [0.25, 0.3) is 5.91 Å². The van der Waals surface area contributed by atoms with Crippen LogP contribution in [0.1, 0.15) is 10.5 Å². The van der Waals surface area contributed by atoms with E-state index in [1.165, 1.54) is 29.7 Å². The highest BCUT2D eigenvalue weighted by Gasteiger charge is 2.16. The van der Waals surface area contributed by atoms with Crippen molar-refractivity contribution < 1.29 is 9.18 Å². The van der Waals surface area contributed by atoms with Crippen LogP contribution in [0.2, 0.25) is 0 Å². The molecule has 2 heterocycles. The van der Waals surface area contributed by atoms with Crippen LogP contribution in [-0.2, 0) is 0 Å². The Morgan fingerprint density at radius 1 is 1.20 bits per heavy atom. The molecule has 0 aliphatic rings. The highest BCUT2D eigenvalue weighted by molar-refractivity contribution is 7.71. The number of hydrogen-bond acceptors (Lipinski definition) is 4. The lowest BCUT2D eigenvalue weighted by Crippen LogP contribution is -2.16. The first kappa shape index (κ1) is 15.7. The second-order valence-electron chi connectivity index (χ2n) is 5.23. The number of anilines is 1. The number of benzene rings is 2. The van der Waals surface area contributed by atoms with Gasteiger partial charge in [-0.15, -0.1) is 0 Å². The molecule has 0 saturated heterocycles. The van der Waals surface area contributed by atoms with E-state index in [0.717, 1.165) is 10.2 Å². The average molecular weight is 370 g/mol. The Labute approximate surface area is 150 Å². The van der Waals surface area contributed by atoms with Crippen LogP contribution in [-0.4, -0.2) is 20.4 Å². The first-order valence-corrected chi connectivity index (χ1v) is 8.57. The van der Waals surface area contributed by atoms with Gasteiger partial charge in [-0.1, -0.05) is 23.5 Å². The molecule has 4 rings (SSSR count). The number of aromatic amines is 1. The molecule has 0 spiro atoms. The molecule has 4 aromatic rings. The molecule has 124 valence electrons. The van der Waals surface area contributed by atoms with Gasteiger partial charge < -0.3 is 4.98 Å². The number of nitrogens with zero attached hydrogens (tertiary/aromatic N) is 2. The number of rotatable bonds is 3. The van der Waals surface area contributed by atoms with Crippen LogP contribution in [0.5, 0.6) is 0 Å². The van der Waals surface area contributed by atoms with Crippen LogP contribution in [0, 0.1) is 10.6 Å². The Kier molecular flexibility index (Phi) is 3.90. The maximum atomic E-state index is 13.1. The van der Waals surface area contributed by atoms with E-state index in [1.807, 2.05) is 24.3 Å². The van der Waals surface area contributed by atoms with Gasteiger partial charge in [0.1, 0.15) is 11.5 Å². The standard InChI is InChI=1S/C17H11FN4OS2/c18-10-5-7-11(8-6-10)22-13(9-19-17(22)24)15(23)21-16-20-12-3-1-2-4-14(12)25-16/h1-9H,(H,19,24)(H,20,21,23). The van der Waals surface area contributed by atoms with E-state index < -0.39 is 0 Å². The van der Waals surface area contributed by atoms with Crippen LogP contribution in [0.4, 0.5) is 9.52 Å². The van der Waals surface area contributed by atoms with E-state index in [4.69, 9.17) is 12.2 Å². The second-order valence-corrected chi connectivity index (χ2v) is 6.65. The summed E-state index contributed by atoms with van der Waals surface area (Å²) in [5.74, 6) is -0.706. The fourth-order valence-electron chi connectivity index (χ4n) is 2.47. The maximum Gasteiger partial charge on any atom is 0.276 e. The van der Waals surface area contributed by atoms with E-state index in [9.17, 15) is 9.18 Å². The molecule has 0 fully saturated rings. The van der Waals surface area contributed by atoms with Gasteiger partial charge in [0.15, 0.2) is 9.90 Å². The number of carbonyl (C=O) groups is 1. The minimum absolute atomic E-state index is 0.316. The number of amides is 1. The van der Waals surface area contributed by atoms with Crippen LogP contribution >= 0.6 is 23.6 Å². The zero-order valence-electron chi connectivity index (χ0n) is 12.7. The molecule has 0 bridgehead atoms. The van der Waals surface area contributed by atoms with Gasteiger partial charge in [-0.3, -0.25) is 14.7 Å². The summed E-state index contributed by atoms with van der Waals surface area (Å²) in [6, 6.07) is 13.4. The molecule has 2 aromatic carbocycles. The number of hydrogen-bond donors (Lipinski definition) is 2. The van der Waals surface area contributed by atoms with Crippen LogP contribution in [0.3, 0.4) is 0 Å². The van der Waals surface area contributed by atoms with Crippen molar-refractivity contribution in [1.82, 2.24) is 14.5 Å². The number of H-pyrrole nitrogens is 1. The smallest absolute Gasteiger partial charge is 0.276 e. The zero-order valence-corrected chi connectivity index (χ0v) is 14.3. The van der Waals surface area contributed by atoms with Gasteiger partial charge in [-0.25, -0.2) is 9.37 Å². The zero-order chi connectivity index (χ0) is 17.4. The molecule has 5 nitrogen and oxygen atoms in total. The van der Waals surface area contributed by atoms with Crippen LogP contribution in [0.25, 0.3) is 15.9 Å². The normalized spacial score (nSPS) is 10.9. The molecule has 8 heteroatoms. The van der Waals surface area contributed by atoms with Gasteiger partial charge in [0.05, 0.1) is 10.2 Å². The highest BCUT2D eigenvalue weighted by atomic mass is 32.1. The lowest BCUT2D eigenvalue weighted by atomic mass is 10.3. The summed E-state index contributed by atoms with van der Waals surface area (Å²) in [5, 5.41) is 3.29. The lowest BCUT2D eigenvalue weighted by Gasteiger charge is -2.07. The summed E-state index contributed by atoms with van der Waals surface area (Å²) in [6.45, 7) is 0. The van der Waals surface area contributed by atoms with Crippen molar-refractivity contribution in [3.63, 3.8) is 0 Å². The fraction of sp³-hybridized carbons (Fsp3) is 0. The summed E-state index contributed by atoms with van der Waals surface area (Å²) in [7, 11) is 0. The number of fused-ring (bicyclic) bond motifs is 1. The van der Waals surface area contributed by atoms with Crippen molar-refractivity contribution in [2.24, 2.45) is 0 Å². The number of nitrogens with one attached hydrogen (secondary N) is 2. The third-order valence-corrected chi connectivity index (χ3v) is 4.86. The predicted octanol–water partition coefficient (Wildman–Crippen LogP) is 4.54. The number of carbonyl (C=O) groups excluding carboxylic acids is 1. The number of aromatic nitrogens is 3. The van der Waals surface area contributed by atoms with Gasteiger partial charge in [0.2, 0.25) is 0 Å². The molecule has 0 aliphatic carbocycles. The maximum absolute atomic E-state index is 13.1.